The van der Waals surface area contributed by atoms with Crippen molar-refractivity contribution >= 4 is 5.91 Å². The van der Waals surface area contributed by atoms with Crippen molar-refractivity contribution in [2.75, 3.05) is 33.3 Å². The molecule has 1 fully saturated rings. The van der Waals surface area contributed by atoms with Gasteiger partial charge in [0.25, 0.3) is 0 Å². The number of carbonyl (C=O) groups is 1. The van der Waals surface area contributed by atoms with Crippen LogP contribution in [-0.2, 0) is 11.3 Å². The number of nitrogens with zero attached hydrogens (tertiary/aromatic N) is 2. The average molecular weight is 308 g/mol. The Labute approximate surface area is 131 Å². The third-order valence-corrected chi connectivity index (χ3v) is 4.39. The van der Waals surface area contributed by atoms with E-state index in [0.29, 0.717) is 12.1 Å². The molecule has 0 aliphatic carbocycles. The van der Waals surface area contributed by atoms with E-state index in [-0.39, 0.29) is 30.3 Å². The van der Waals surface area contributed by atoms with Gasteiger partial charge in [-0.15, -0.1) is 0 Å². The minimum absolute atomic E-state index is 0.0227. The van der Waals surface area contributed by atoms with Gasteiger partial charge in [0.1, 0.15) is 5.82 Å². The van der Waals surface area contributed by atoms with Crippen LogP contribution in [0.2, 0.25) is 0 Å². The van der Waals surface area contributed by atoms with Gasteiger partial charge < -0.3 is 10.0 Å². The molecule has 0 bridgehead atoms. The Hall–Kier alpha value is -1.46. The second-order valence-electron chi connectivity index (χ2n) is 6.62. The highest BCUT2D eigenvalue weighted by molar-refractivity contribution is 5.78. The smallest absolute Gasteiger partial charge is 0.236 e. The van der Waals surface area contributed by atoms with Gasteiger partial charge in [0.05, 0.1) is 6.54 Å². The number of hydrogen-bond donors (Lipinski definition) is 1. The van der Waals surface area contributed by atoms with Gasteiger partial charge in [-0.3, -0.25) is 9.69 Å². The van der Waals surface area contributed by atoms with Gasteiger partial charge in [-0.05, 0) is 25.5 Å². The molecule has 4 nitrogen and oxygen atoms in total. The molecule has 22 heavy (non-hydrogen) atoms. The molecular weight excluding hydrogens is 283 g/mol. The first-order chi connectivity index (χ1) is 10.4. The van der Waals surface area contributed by atoms with Gasteiger partial charge in [-0.1, -0.05) is 25.1 Å². The minimum atomic E-state index is -0.284. The first-order valence-corrected chi connectivity index (χ1v) is 7.74. The van der Waals surface area contributed by atoms with Crippen LogP contribution in [0.25, 0.3) is 0 Å². The monoisotopic (exact) mass is 308 g/mol. The highest BCUT2D eigenvalue weighted by atomic mass is 19.1. The molecule has 1 aliphatic heterocycles. The summed E-state index contributed by atoms with van der Waals surface area (Å²) in [6, 6.07) is 6.52. The van der Waals surface area contributed by atoms with Crippen molar-refractivity contribution in [2.24, 2.45) is 5.41 Å². The van der Waals surface area contributed by atoms with E-state index >= 15 is 0 Å². The summed E-state index contributed by atoms with van der Waals surface area (Å²) in [5.41, 5.74) is 0.403. The minimum Gasteiger partial charge on any atom is -0.396 e. The van der Waals surface area contributed by atoms with Crippen LogP contribution in [0.3, 0.4) is 0 Å². The van der Waals surface area contributed by atoms with E-state index in [1.165, 1.54) is 6.07 Å². The fourth-order valence-corrected chi connectivity index (χ4v) is 2.97. The number of likely N-dealkylation sites (tertiary alicyclic amines) is 1. The predicted molar refractivity (Wildman–Crippen MR) is 83.7 cm³/mol. The highest BCUT2D eigenvalue weighted by Gasteiger charge is 2.31. The molecule has 1 unspecified atom stereocenters. The van der Waals surface area contributed by atoms with Crippen molar-refractivity contribution in [3.8, 4) is 0 Å². The Balaban J connectivity index is 1.90. The van der Waals surface area contributed by atoms with Crippen LogP contribution in [-0.4, -0.2) is 54.1 Å². The van der Waals surface area contributed by atoms with Gasteiger partial charge in [0.15, 0.2) is 0 Å². The Morgan fingerprint density at radius 1 is 1.45 bits per heavy atom. The number of halogens is 1. The highest BCUT2D eigenvalue weighted by Crippen LogP contribution is 2.28. The molecule has 122 valence electrons. The largest absolute Gasteiger partial charge is 0.396 e. The molecular formula is C17H25FN2O2. The van der Waals surface area contributed by atoms with Gasteiger partial charge in [0, 0.05) is 37.7 Å². The summed E-state index contributed by atoms with van der Waals surface area (Å²) < 4.78 is 13.6. The number of amides is 1. The Bertz CT molecular complexity index is 523. The normalized spacial score (nSPS) is 22.5. The van der Waals surface area contributed by atoms with Crippen molar-refractivity contribution in [1.29, 1.82) is 0 Å². The number of likely N-dealkylation sites (N-methyl/N-ethyl adjacent to an activating group) is 1. The molecule has 0 spiro atoms. The third-order valence-electron chi connectivity index (χ3n) is 4.39. The van der Waals surface area contributed by atoms with Crippen molar-refractivity contribution in [3.05, 3.63) is 35.6 Å². The van der Waals surface area contributed by atoms with Crippen LogP contribution < -0.4 is 0 Å². The molecule has 0 radical (unpaired) electrons. The van der Waals surface area contributed by atoms with Gasteiger partial charge >= 0.3 is 0 Å². The average Bonchev–Trinajstić information content (AvgIpc) is 2.49. The summed E-state index contributed by atoms with van der Waals surface area (Å²) in [5.74, 6) is -0.307. The quantitative estimate of drug-likeness (QED) is 0.903. The zero-order chi connectivity index (χ0) is 16.2. The molecule has 1 atom stereocenters. The SMILES string of the molecule is CN(Cc1ccccc1F)C(=O)CN1CCCC(C)(CO)C1. The fraction of sp³-hybridized carbons (Fsp3) is 0.588. The maximum atomic E-state index is 13.6. The first-order valence-electron chi connectivity index (χ1n) is 7.74. The summed E-state index contributed by atoms with van der Waals surface area (Å²) in [6.45, 7) is 4.38. The number of hydrogen-bond acceptors (Lipinski definition) is 3. The number of aliphatic hydroxyl groups excluding tert-OH is 1. The summed E-state index contributed by atoms with van der Waals surface area (Å²) in [7, 11) is 1.70. The molecule has 1 amide bonds. The van der Waals surface area contributed by atoms with Crippen LogP contribution in [0.5, 0.6) is 0 Å². The lowest BCUT2D eigenvalue weighted by Crippen LogP contribution is -2.47. The van der Waals surface area contributed by atoms with Crippen molar-refractivity contribution in [1.82, 2.24) is 9.80 Å². The van der Waals surface area contributed by atoms with Crippen molar-refractivity contribution in [2.45, 2.75) is 26.3 Å². The van der Waals surface area contributed by atoms with Crippen molar-refractivity contribution in [3.63, 3.8) is 0 Å². The van der Waals surface area contributed by atoms with Gasteiger partial charge in [-0.25, -0.2) is 4.39 Å². The molecule has 1 aromatic carbocycles. The number of benzene rings is 1. The van der Waals surface area contributed by atoms with E-state index in [4.69, 9.17) is 0 Å². The first kappa shape index (κ1) is 16.9. The van der Waals surface area contributed by atoms with Crippen LogP contribution in [0, 0.1) is 11.2 Å². The number of rotatable bonds is 5. The van der Waals surface area contributed by atoms with Crippen molar-refractivity contribution < 1.29 is 14.3 Å². The summed E-state index contributed by atoms with van der Waals surface area (Å²) in [4.78, 5) is 16.0. The Kier molecular flexibility index (Phi) is 5.53. The number of carbonyl (C=O) groups excluding carboxylic acids is 1. The fourth-order valence-electron chi connectivity index (χ4n) is 2.97. The topological polar surface area (TPSA) is 43.8 Å². The van der Waals surface area contributed by atoms with Gasteiger partial charge in [0.2, 0.25) is 5.91 Å². The Morgan fingerprint density at radius 2 is 2.18 bits per heavy atom. The standard InChI is InChI=1S/C17H25FN2O2/c1-17(13-21)8-5-9-20(12-17)11-16(22)19(2)10-14-6-3-4-7-15(14)18/h3-4,6-7,21H,5,8-13H2,1-2H3. The molecule has 1 saturated heterocycles. The molecule has 5 heteroatoms. The summed E-state index contributed by atoms with van der Waals surface area (Å²) >= 11 is 0. The van der Waals surface area contributed by atoms with E-state index in [1.807, 2.05) is 6.92 Å². The van der Waals surface area contributed by atoms with Crippen LogP contribution in [0.4, 0.5) is 4.39 Å². The predicted octanol–water partition coefficient (Wildman–Crippen LogP) is 1.88. The van der Waals surface area contributed by atoms with E-state index < -0.39 is 0 Å². The van der Waals surface area contributed by atoms with E-state index in [0.717, 1.165) is 25.9 Å². The number of aliphatic hydroxyl groups is 1. The van der Waals surface area contributed by atoms with Gasteiger partial charge in [-0.2, -0.15) is 0 Å². The van der Waals surface area contributed by atoms with Crippen LogP contribution in [0.15, 0.2) is 24.3 Å². The summed E-state index contributed by atoms with van der Waals surface area (Å²) in [6.07, 6.45) is 1.97. The lowest BCUT2D eigenvalue weighted by molar-refractivity contribution is -0.132. The third kappa shape index (κ3) is 4.27. The lowest BCUT2D eigenvalue weighted by atomic mass is 9.83. The molecule has 0 aromatic heterocycles. The maximum absolute atomic E-state index is 13.6. The molecule has 1 aliphatic rings. The van der Waals surface area contributed by atoms with Crippen LogP contribution in [0.1, 0.15) is 25.3 Å². The molecule has 0 saturated carbocycles. The van der Waals surface area contributed by atoms with E-state index in [9.17, 15) is 14.3 Å². The van der Waals surface area contributed by atoms with E-state index in [1.54, 1.807) is 30.1 Å². The Morgan fingerprint density at radius 3 is 2.86 bits per heavy atom. The molecule has 2 rings (SSSR count). The molecule has 1 heterocycles. The van der Waals surface area contributed by atoms with Crippen LogP contribution >= 0.6 is 0 Å². The lowest BCUT2D eigenvalue weighted by Gasteiger charge is -2.39. The zero-order valence-corrected chi connectivity index (χ0v) is 13.4. The second-order valence-corrected chi connectivity index (χ2v) is 6.62. The summed E-state index contributed by atoms with van der Waals surface area (Å²) in [5, 5.41) is 9.47. The maximum Gasteiger partial charge on any atom is 0.236 e. The van der Waals surface area contributed by atoms with E-state index in [2.05, 4.69) is 4.90 Å². The zero-order valence-electron chi connectivity index (χ0n) is 13.4. The number of piperidine rings is 1. The molecule has 1 N–H and O–H groups in total. The second kappa shape index (κ2) is 7.20. The molecule has 1 aromatic rings.